The summed E-state index contributed by atoms with van der Waals surface area (Å²) in [6.45, 7) is 16.7. The van der Waals surface area contributed by atoms with Gasteiger partial charge in [0, 0.05) is 19.4 Å². The van der Waals surface area contributed by atoms with Crippen LogP contribution in [0.4, 0.5) is 10.1 Å². The van der Waals surface area contributed by atoms with E-state index >= 15 is 0 Å². The van der Waals surface area contributed by atoms with Crippen LogP contribution in [-0.4, -0.2) is 24.5 Å². The van der Waals surface area contributed by atoms with Crippen LogP contribution in [0.2, 0.25) is 0 Å². The van der Waals surface area contributed by atoms with Crippen LogP contribution in [0.3, 0.4) is 0 Å². The second-order valence-corrected chi connectivity index (χ2v) is 8.69. The van der Waals surface area contributed by atoms with Gasteiger partial charge in [0.1, 0.15) is 11.4 Å². The summed E-state index contributed by atoms with van der Waals surface area (Å²) in [5.74, 6) is -2.80. The molecule has 2 aromatic carbocycles. The maximum atomic E-state index is 14.5. The van der Waals surface area contributed by atoms with Gasteiger partial charge in [0.15, 0.2) is 5.69 Å². The molecule has 0 saturated carbocycles. The Bertz CT molecular complexity index is 1240. The van der Waals surface area contributed by atoms with Crippen LogP contribution >= 0.6 is 0 Å². The average Bonchev–Trinajstić information content (AvgIpc) is 3.08. The van der Waals surface area contributed by atoms with Crippen LogP contribution in [0, 0.1) is 39.1 Å². The van der Waals surface area contributed by atoms with Gasteiger partial charge in [-0.15, -0.1) is 0 Å². The standard InChI is InChI=1S/C27H35FN2O/c1-16(2)30(9)15-17(3)14-27(23-10-11-25(28)20(6)19(23)5)24-12-18(4)26(29-8)13-22(24)21(7)31-27/h10-13,16-17,21H,14-15H2,1-7,9H3/t17?,21?,27-/m0/s1/i14D2,15D2,17D. The van der Waals surface area contributed by atoms with Crippen LogP contribution in [-0.2, 0) is 10.3 Å². The molecular formula is C27H35FN2O. The third-order valence-electron chi connectivity index (χ3n) is 6.24. The van der Waals surface area contributed by atoms with E-state index in [0.29, 0.717) is 39.1 Å². The first kappa shape index (κ1) is 17.3. The highest BCUT2D eigenvalue weighted by Gasteiger charge is 2.47. The third kappa shape index (κ3) is 4.14. The van der Waals surface area contributed by atoms with E-state index in [-0.39, 0.29) is 6.04 Å². The highest BCUT2D eigenvalue weighted by molar-refractivity contribution is 5.61. The number of nitrogens with zero attached hydrogens (tertiary/aromatic N) is 2. The fourth-order valence-electron chi connectivity index (χ4n) is 4.09. The molecule has 0 spiro atoms. The van der Waals surface area contributed by atoms with Gasteiger partial charge in [-0.3, -0.25) is 0 Å². The van der Waals surface area contributed by atoms with Crippen LogP contribution < -0.4 is 0 Å². The molecule has 0 fully saturated rings. The number of rotatable bonds is 6. The van der Waals surface area contributed by atoms with Crippen molar-refractivity contribution in [2.24, 2.45) is 5.89 Å². The molecule has 0 N–H and O–H groups in total. The Hall–Kier alpha value is -2.22. The van der Waals surface area contributed by atoms with Gasteiger partial charge in [0.2, 0.25) is 0 Å². The lowest BCUT2D eigenvalue weighted by Gasteiger charge is -2.37. The van der Waals surface area contributed by atoms with Gasteiger partial charge in [-0.2, -0.15) is 0 Å². The molecule has 0 aromatic heterocycles. The molecule has 0 aliphatic carbocycles. The summed E-state index contributed by atoms with van der Waals surface area (Å²) in [7, 11) is 1.53. The summed E-state index contributed by atoms with van der Waals surface area (Å²) >= 11 is 0. The number of benzene rings is 2. The van der Waals surface area contributed by atoms with Gasteiger partial charge < -0.3 is 9.64 Å². The molecule has 1 aliphatic heterocycles. The Balaban J connectivity index is 2.49. The second kappa shape index (κ2) is 8.73. The van der Waals surface area contributed by atoms with Crippen LogP contribution in [0.5, 0.6) is 0 Å². The zero-order valence-electron chi connectivity index (χ0n) is 24.6. The lowest BCUT2D eigenvalue weighted by molar-refractivity contribution is -0.0567. The Labute approximate surface area is 194 Å². The molecule has 0 bridgehead atoms. The molecule has 2 aromatic rings. The van der Waals surface area contributed by atoms with Crippen molar-refractivity contribution < 1.29 is 16.0 Å². The Morgan fingerprint density at radius 3 is 2.52 bits per heavy atom. The first-order valence-corrected chi connectivity index (χ1v) is 10.6. The number of fused-ring (bicyclic) bond motifs is 1. The fraction of sp³-hybridized carbons (Fsp3) is 0.519. The Kier molecular flexibility index (Phi) is 4.88. The van der Waals surface area contributed by atoms with Gasteiger partial charge in [-0.1, -0.05) is 25.1 Å². The van der Waals surface area contributed by atoms with Crippen molar-refractivity contribution in [3.63, 3.8) is 0 Å². The number of halogens is 1. The molecule has 0 amide bonds. The van der Waals surface area contributed by atoms with Crippen molar-refractivity contribution in [1.29, 1.82) is 0 Å². The van der Waals surface area contributed by atoms with Crippen LogP contribution in [0.15, 0.2) is 24.3 Å². The summed E-state index contributed by atoms with van der Waals surface area (Å²) in [5, 5.41) is 0. The molecule has 31 heavy (non-hydrogen) atoms. The normalized spacial score (nSPS) is 25.7. The molecule has 166 valence electrons. The van der Waals surface area contributed by atoms with Crippen molar-refractivity contribution in [1.82, 2.24) is 4.90 Å². The van der Waals surface area contributed by atoms with E-state index in [1.165, 1.54) is 31.0 Å². The summed E-state index contributed by atoms with van der Waals surface area (Å²) in [5.41, 5.74) is 1.27. The predicted molar refractivity (Wildman–Crippen MR) is 125 cm³/mol. The number of hydrogen-bond donors (Lipinski definition) is 0. The van der Waals surface area contributed by atoms with Gasteiger partial charge in [-0.25, -0.2) is 9.24 Å². The van der Waals surface area contributed by atoms with Crippen LogP contribution in [0.25, 0.3) is 4.85 Å². The molecule has 0 radical (unpaired) electrons. The Morgan fingerprint density at radius 2 is 1.90 bits per heavy atom. The SMILES string of the molecule is [2H]C([2H])(N(C)C(C)C)C([2H])(C)C([2H])([2H])[C@@]1(c2ccc(F)c(C)c2C)OC(C)c2cc([N+]#[C-])c(C)cc21. The smallest absolute Gasteiger partial charge is 0.190 e. The molecule has 3 rings (SSSR count). The highest BCUT2D eigenvalue weighted by atomic mass is 19.1. The second-order valence-electron chi connectivity index (χ2n) is 8.69. The van der Waals surface area contributed by atoms with E-state index in [1.807, 2.05) is 0 Å². The number of aryl methyl sites for hydroxylation is 1. The van der Waals surface area contributed by atoms with E-state index in [4.69, 9.17) is 14.1 Å². The quantitative estimate of drug-likeness (QED) is 0.462. The molecule has 1 heterocycles. The molecule has 1 aliphatic rings. The average molecular weight is 428 g/mol. The molecule has 3 atom stereocenters. The molecule has 2 unspecified atom stereocenters. The zero-order chi connectivity index (χ0) is 27.6. The monoisotopic (exact) mass is 427 g/mol. The Morgan fingerprint density at radius 1 is 1.23 bits per heavy atom. The summed E-state index contributed by atoms with van der Waals surface area (Å²) in [6, 6.07) is 5.83. The first-order chi connectivity index (χ1) is 16.4. The van der Waals surface area contributed by atoms with E-state index < -0.39 is 36.3 Å². The van der Waals surface area contributed by atoms with Gasteiger partial charge >= 0.3 is 0 Å². The lowest BCUT2D eigenvalue weighted by atomic mass is 9.76. The summed E-state index contributed by atoms with van der Waals surface area (Å²) in [6.07, 6.45) is -3.31. The number of hydrogen-bond acceptors (Lipinski definition) is 2. The maximum absolute atomic E-state index is 14.5. The van der Waals surface area contributed by atoms with E-state index in [0.717, 1.165) is 0 Å². The van der Waals surface area contributed by atoms with Crippen molar-refractivity contribution in [3.8, 4) is 0 Å². The topological polar surface area (TPSA) is 16.8 Å². The minimum absolute atomic E-state index is 0.301. The van der Waals surface area contributed by atoms with Gasteiger partial charge in [0.25, 0.3) is 0 Å². The van der Waals surface area contributed by atoms with Crippen molar-refractivity contribution in [3.05, 3.63) is 74.9 Å². The molecule has 3 nitrogen and oxygen atoms in total. The van der Waals surface area contributed by atoms with Gasteiger partial charge in [0.05, 0.1) is 12.7 Å². The molecule has 4 heteroatoms. The van der Waals surface area contributed by atoms with E-state index in [1.54, 1.807) is 53.7 Å². The predicted octanol–water partition coefficient (Wildman–Crippen LogP) is 7.00. The number of ether oxygens (including phenoxy) is 1. The van der Waals surface area contributed by atoms with Crippen molar-refractivity contribution >= 4 is 5.69 Å². The van der Waals surface area contributed by atoms with Crippen molar-refractivity contribution in [2.75, 3.05) is 13.5 Å². The summed E-state index contributed by atoms with van der Waals surface area (Å²) in [4.78, 5) is 4.93. The minimum Gasteiger partial charge on any atom is -0.358 e. The highest BCUT2D eigenvalue weighted by Crippen LogP contribution is 2.53. The zero-order valence-corrected chi connectivity index (χ0v) is 19.6. The van der Waals surface area contributed by atoms with E-state index in [2.05, 4.69) is 4.85 Å². The third-order valence-corrected chi connectivity index (χ3v) is 6.24. The minimum atomic E-state index is -2.66. The maximum Gasteiger partial charge on any atom is 0.190 e. The largest absolute Gasteiger partial charge is 0.358 e. The fourth-order valence-corrected chi connectivity index (χ4v) is 4.09. The van der Waals surface area contributed by atoms with Gasteiger partial charge in [-0.05, 0) is 100 Å². The van der Waals surface area contributed by atoms with Crippen molar-refractivity contribution in [2.45, 2.75) is 72.6 Å². The lowest BCUT2D eigenvalue weighted by Crippen LogP contribution is -2.36. The molecular weight excluding hydrogens is 387 g/mol. The first-order valence-electron chi connectivity index (χ1n) is 13.1. The summed E-state index contributed by atoms with van der Waals surface area (Å²) < 4.78 is 67.3. The molecule has 0 saturated heterocycles. The van der Waals surface area contributed by atoms with E-state index in [9.17, 15) is 8.50 Å². The van der Waals surface area contributed by atoms with Crippen LogP contribution in [0.1, 0.15) is 80.4 Å².